The second kappa shape index (κ2) is 4.20. The first-order chi connectivity index (χ1) is 6.61. The van der Waals surface area contributed by atoms with Crippen molar-refractivity contribution in [2.75, 3.05) is 7.11 Å². The Balaban J connectivity index is 3.37. The molecule has 3 nitrogen and oxygen atoms in total. The summed E-state index contributed by atoms with van der Waals surface area (Å²) in [6.07, 6.45) is -1.76. The highest BCUT2D eigenvalue weighted by Gasteiger charge is 2.19. The Labute approximate surface area is 83.9 Å². The average Bonchev–Trinajstić information content (AvgIpc) is 2.16. The fraction of sp³-hybridized carbons (Fsp3) is 0.250. The van der Waals surface area contributed by atoms with Gasteiger partial charge in [0.2, 0.25) is 0 Å². The van der Waals surface area contributed by atoms with E-state index >= 15 is 0 Å². The first-order valence-corrected chi connectivity index (χ1v) is 3.90. The summed E-state index contributed by atoms with van der Waals surface area (Å²) in [4.78, 5) is 3.40. The smallest absolute Gasteiger partial charge is 0.281 e. The van der Waals surface area contributed by atoms with Crippen LogP contribution in [0.2, 0.25) is 5.02 Å². The summed E-state index contributed by atoms with van der Waals surface area (Å²) >= 11 is 5.54. The maximum atomic E-state index is 12.3. The Morgan fingerprint density at radius 2 is 2.29 bits per heavy atom. The Morgan fingerprint density at radius 3 is 2.71 bits per heavy atom. The predicted molar refractivity (Wildman–Crippen MR) is 45.5 cm³/mol. The molecule has 0 unspecified atom stereocenters. The first kappa shape index (κ1) is 10.7. The predicted octanol–water partition coefficient (Wildman–Crippen LogP) is 2.55. The second-order valence-corrected chi connectivity index (χ2v) is 2.69. The van der Waals surface area contributed by atoms with E-state index < -0.39 is 12.1 Å². The van der Waals surface area contributed by atoms with E-state index in [0.29, 0.717) is 0 Å². The molecular weight excluding hydrogens is 214 g/mol. The van der Waals surface area contributed by atoms with Crippen LogP contribution in [0.4, 0.5) is 8.78 Å². The highest BCUT2D eigenvalue weighted by atomic mass is 35.5. The molecule has 0 spiro atoms. The van der Waals surface area contributed by atoms with Crippen LogP contribution in [0.5, 0.6) is 5.75 Å². The molecule has 0 amide bonds. The van der Waals surface area contributed by atoms with Crippen LogP contribution in [0, 0.1) is 11.3 Å². The molecule has 1 rings (SSSR count). The van der Waals surface area contributed by atoms with E-state index in [-0.39, 0.29) is 16.3 Å². The number of rotatable bonds is 2. The molecule has 0 radical (unpaired) electrons. The van der Waals surface area contributed by atoms with Crippen LogP contribution in [0.15, 0.2) is 6.20 Å². The van der Waals surface area contributed by atoms with Crippen LogP contribution in [-0.4, -0.2) is 12.1 Å². The molecule has 0 saturated heterocycles. The molecule has 0 fully saturated rings. The molecule has 0 atom stereocenters. The van der Waals surface area contributed by atoms with Crippen LogP contribution in [0.25, 0.3) is 0 Å². The summed E-state index contributed by atoms with van der Waals surface area (Å²) in [5.41, 5.74) is -0.733. The van der Waals surface area contributed by atoms with Crippen LogP contribution in [0.1, 0.15) is 17.7 Å². The summed E-state index contributed by atoms with van der Waals surface area (Å²) in [5, 5.41) is 8.29. The lowest BCUT2D eigenvalue weighted by Gasteiger charge is -2.07. The minimum absolute atomic E-state index is 0.0851. The molecule has 0 bridgehead atoms. The van der Waals surface area contributed by atoms with E-state index in [2.05, 4.69) is 4.98 Å². The molecule has 74 valence electrons. The van der Waals surface area contributed by atoms with E-state index in [0.717, 1.165) is 6.20 Å². The lowest BCUT2D eigenvalue weighted by Crippen LogP contribution is -1.97. The van der Waals surface area contributed by atoms with Gasteiger partial charge in [-0.1, -0.05) is 11.6 Å². The fourth-order valence-electron chi connectivity index (χ4n) is 0.897. The van der Waals surface area contributed by atoms with Crippen LogP contribution in [0.3, 0.4) is 0 Å². The lowest BCUT2D eigenvalue weighted by atomic mass is 10.2. The number of hydrogen-bond donors (Lipinski definition) is 0. The van der Waals surface area contributed by atoms with Gasteiger partial charge in [-0.15, -0.1) is 0 Å². The zero-order valence-corrected chi connectivity index (χ0v) is 7.85. The Kier molecular flexibility index (Phi) is 3.20. The summed E-state index contributed by atoms with van der Waals surface area (Å²) in [7, 11) is 1.30. The van der Waals surface area contributed by atoms with Crippen molar-refractivity contribution in [1.29, 1.82) is 5.26 Å². The highest BCUT2D eigenvalue weighted by molar-refractivity contribution is 6.32. The number of ether oxygens (including phenoxy) is 1. The molecule has 0 aliphatic rings. The van der Waals surface area contributed by atoms with Gasteiger partial charge >= 0.3 is 0 Å². The minimum atomic E-state index is -2.81. The van der Waals surface area contributed by atoms with Crippen molar-refractivity contribution in [2.45, 2.75) is 6.43 Å². The van der Waals surface area contributed by atoms with Crippen molar-refractivity contribution in [3.63, 3.8) is 0 Å². The monoisotopic (exact) mass is 218 g/mol. The molecule has 0 N–H and O–H groups in total. The number of aromatic nitrogens is 1. The Morgan fingerprint density at radius 1 is 1.64 bits per heavy atom. The quantitative estimate of drug-likeness (QED) is 0.766. The van der Waals surface area contributed by atoms with Crippen molar-refractivity contribution < 1.29 is 13.5 Å². The van der Waals surface area contributed by atoms with Gasteiger partial charge in [-0.25, -0.2) is 13.8 Å². The number of halogens is 3. The maximum absolute atomic E-state index is 12.3. The van der Waals surface area contributed by atoms with E-state index in [9.17, 15) is 8.78 Å². The van der Waals surface area contributed by atoms with Gasteiger partial charge in [0.15, 0.2) is 5.75 Å². The van der Waals surface area contributed by atoms with Crippen LogP contribution < -0.4 is 4.74 Å². The molecule has 0 saturated carbocycles. The van der Waals surface area contributed by atoms with Gasteiger partial charge in [0, 0.05) is 0 Å². The zero-order chi connectivity index (χ0) is 10.7. The number of pyridine rings is 1. The van der Waals surface area contributed by atoms with Gasteiger partial charge in [0.25, 0.3) is 6.43 Å². The summed E-state index contributed by atoms with van der Waals surface area (Å²) in [5.74, 6) is 0.0851. The van der Waals surface area contributed by atoms with Gasteiger partial charge in [-0.05, 0) is 0 Å². The summed E-state index contributed by atoms with van der Waals surface area (Å²) in [6, 6.07) is 1.68. The third-order valence-electron chi connectivity index (χ3n) is 1.55. The van der Waals surface area contributed by atoms with Crippen molar-refractivity contribution in [3.8, 4) is 11.8 Å². The molecule has 14 heavy (non-hydrogen) atoms. The molecular formula is C8H5ClF2N2O. The Bertz CT molecular complexity index is 390. The minimum Gasteiger partial charge on any atom is -0.494 e. The third-order valence-corrected chi connectivity index (χ3v) is 1.93. The number of nitriles is 1. The van der Waals surface area contributed by atoms with Crippen molar-refractivity contribution in [3.05, 3.63) is 22.5 Å². The molecule has 0 aliphatic carbocycles. The molecule has 0 aromatic carbocycles. The third kappa shape index (κ3) is 1.75. The van der Waals surface area contributed by atoms with E-state index in [4.69, 9.17) is 21.6 Å². The highest BCUT2D eigenvalue weighted by Crippen LogP contribution is 2.32. The van der Waals surface area contributed by atoms with E-state index in [1.54, 1.807) is 6.07 Å². The van der Waals surface area contributed by atoms with Gasteiger partial charge in [-0.3, -0.25) is 0 Å². The maximum Gasteiger partial charge on any atom is 0.281 e. The largest absolute Gasteiger partial charge is 0.494 e. The van der Waals surface area contributed by atoms with Gasteiger partial charge < -0.3 is 4.74 Å². The van der Waals surface area contributed by atoms with Crippen LogP contribution >= 0.6 is 11.6 Å². The molecule has 1 aromatic rings. The van der Waals surface area contributed by atoms with Crippen molar-refractivity contribution >= 4 is 11.6 Å². The van der Waals surface area contributed by atoms with Crippen molar-refractivity contribution in [2.24, 2.45) is 0 Å². The van der Waals surface area contributed by atoms with Gasteiger partial charge in [0.05, 0.1) is 18.3 Å². The number of hydrogen-bond acceptors (Lipinski definition) is 3. The fourth-order valence-corrected chi connectivity index (χ4v) is 1.16. The standard InChI is InChI=1S/C8H5ClF2N2O/c1-14-5-3-13-7(8(10)11)6(9)4(5)2-12/h3,8H,1H3. The normalized spacial score (nSPS) is 10.0. The topological polar surface area (TPSA) is 45.9 Å². The Hall–Kier alpha value is -1.41. The molecule has 1 heterocycles. The van der Waals surface area contributed by atoms with Crippen LogP contribution in [-0.2, 0) is 0 Å². The molecule has 1 aromatic heterocycles. The second-order valence-electron chi connectivity index (χ2n) is 2.31. The SMILES string of the molecule is COc1cnc(C(F)F)c(Cl)c1C#N. The number of methoxy groups -OCH3 is 1. The number of alkyl halides is 2. The van der Waals surface area contributed by atoms with Gasteiger partial charge in [-0.2, -0.15) is 5.26 Å². The lowest BCUT2D eigenvalue weighted by molar-refractivity contribution is 0.146. The van der Waals surface area contributed by atoms with E-state index in [1.807, 2.05) is 0 Å². The van der Waals surface area contributed by atoms with Crippen molar-refractivity contribution in [1.82, 2.24) is 4.98 Å². The first-order valence-electron chi connectivity index (χ1n) is 3.52. The molecule has 6 heteroatoms. The van der Waals surface area contributed by atoms with E-state index in [1.165, 1.54) is 7.11 Å². The summed E-state index contributed by atoms with van der Waals surface area (Å²) in [6.45, 7) is 0. The average molecular weight is 219 g/mol. The number of nitrogens with zero attached hydrogens (tertiary/aromatic N) is 2. The zero-order valence-electron chi connectivity index (χ0n) is 7.09. The molecule has 0 aliphatic heterocycles. The summed E-state index contributed by atoms with van der Waals surface area (Å²) < 4.78 is 29.3. The van der Waals surface area contributed by atoms with Gasteiger partial charge in [0.1, 0.15) is 17.3 Å².